The summed E-state index contributed by atoms with van der Waals surface area (Å²) in [4.78, 5) is 40.9. The number of carbonyl (C=O) groups excluding carboxylic acids is 1. The van der Waals surface area contributed by atoms with Gasteiger partial charge in [-0.15, -0.1) is 0 Å². The standard InChI is InChI=1S/C24H25FN4O3/c1-2-28-23(31)21(22(26)29(24(28)32)13-16-6-4-3-5-7-16)20(30)15-27-11-10-17-12-19(25)9-8-18(17)14-27/h3-9,12H,2,10-11,13-15,26H2,1H3. The lowest BCUT2D eigenvalue weighted by Crippen LogP contribution is -2.45. The van der Waals surface area contributed by atoms with E-state index in [1.165, 1.54) is 16.7 Å². The number of nitrogens with zero attached hydrogens (tertiary/aromatic N) is 3. The fraction of sp³-hybridized carbons (Fsp3) is 0.292. The summed E-state index contributed by atoms with van der Waals surface area (Å²) in [6, 6.07) is 13.9. The summed E-state index contributed by atoms with van der Waals surface area (Å²) in [7, 11) is 0. The molecule has 7 nitrogen and oxygen atoms in total. The highest BCUT2D eigenvalue weighted by atomic mass is 19.1. The SMILES string of the molecule is CCn1c(=O)c(C(=O)CN2CCc3cc(F)ccc3C2)c(N)n(Cc2ccccc2)c1=O. The molecule has 0 unspecified atom stereocenters. The van der Waals surface area contributed by atoms with E-state index < -0.39 is 17.0 Å². The number of fused-ring (bicyclic) bond motifs is 1. The van der Waals surface area contributed by atoms with Crippen molar-refractivity contribution in [2.75, 3.05) is 18.8 Å². The van der Waals surface area contributed by atoms with Gasteiger partial charge in [0.2, 0.25) is 0 Å². The van der Waals surface area contributed by atoms with Crippen LogP contribution >= 0.6 is 0 Å². The largest absolute Gasteiger partial charge is 0.384 e. The van der Waals surface area contributed by atoms with Gasteiger partial charge in [0.1, 0.15) is 17.2 Å². The van der Waals surface area contributed by atoms with E-state index in [2.05, 4.69) is 0 Å². The van der Waals surface area contributed by atoms with Crippen molar-refractivity contribution in [3.05, 3.63) is 97.4 Å². The highest BCUT2D eigenvalue weighted by molar-refractivity contribution is 6.01. The summed E-state index contributed by atoms with van der Waals surface area (Å²) >= 11 is 0. The molecule has 0 spiro atoms. The van der Waals surface area contributed by atoms with E-state index in [4.69, 9.17) is 5.73 Å². The minimum absolute atomic E-state index is 0.0104. The van der Waals surface area contributed by atoms with E-state index in [9.17, 15) is 18.8 Å². The fourth-order valence-electron chi connectivity index (χ4n) is 4.17. The van der Waals surface area contributed by atoms with E-state index in [-0.39, 0.29) is 36.8 Å². The van der Waals surface area contributed by atoms with Gasteiger partial charge in [-0.3, -0.25) is 23.6 Å². The minimum Gasteiger partial charge on any atom is -0.384 e. The number of anilines is 1. The summed E-state index contributed by atoms with van der Waals surface area (Å²) in [5.41, 5.74) is 7.58. The van der Waals surface area contributed by atoms with E-state index in [0.717, 1.165) is 21.3 Å². The van der Waals surface area contributed by atoms with Gasteiger partial charge in [0.15, 0.2) is 5.78 Å². The van der Waals surface area contributed by atoms with Crippen molar-refractivity contribution in [2.24, 2.45) is 0 Å². The Morgan fingerprint density at radius 1 is 1.06 bits per heavy atom. The molecule has 32 heavy (non-hydrogen) atoms. The summed E-state index contributed by atoms with van der Waals surface area (Å²) in [5, 5.41) is 0. The van der Waals surface area contributed by atoms with E-state index >= 15 is 0 Å². The second-order valence-corrected chi connectivity index (χ2v) is 7.96. The maximum absolute atomic E-state index is 13.5. The molecule has 0 bridgehead atoms. The predicted molar refractivity (Wildman–Crippen MR) is 120 cm³/mol. The van der Waals surface area contributed by atoms with Crippen molar-refractivity contribution in [1.29, 1.82) is 0 Å². The normalized spacial score (nSPS) is 13.7. The molecule has 1 aliphatic heterocycles. The van der Waals surface area contributed by atoms with Crippen molar-refractivity contribution >= 4 is 11.6 Å². The summed E-state index contributed by atoms with van der Waals surface area (Å²) in [6.07, 6.45) is 0.614. The molecule has 2 heterocycles. The molecule has 8 heteroatoms. The number of benzene rings is 2. The Kier molecular flexibility index (Phi) is 6.05. The van der Waals surface area contributed by atoms with Crippen LogP contribution in [0, 0.1) is 5.82 Å². The molecule has 1 aromatic heterocycles. The van der Waals surface area contributed by atoms with Crippen LogP contribution in [0.2, 0.25) is 0 Å². The van der Waals surface area contributed by atoms with Crippen molar-refractivity contribution in [2.45, 2.75) is 33.0 Å². The maximum Gasteiger partial charge on any atom is 0.332 e. The van der Waals surface area contributed by atoms with Crippen molar-refractivity contribution in [3.63, 3.8) is 0 Å². The van der Waals surface area contributed by atoms with Crippen molar-refractivity contribution < 1.29 is 9.18 Å². The maximum atomic E-state index is 13.5. The number of hydrogen-bond acceptors (Lipinski definition) is 5. The zero-order valence-corrected chi connectivity index (χ0v) is 17.9. The second-order valence-electron chi connectivity index (χ2n) is 7.96. The van der Waals surface area contributed by atoms with Crippen molar-refractivity contribution in [3.8, 4) is 0 Å². The number of halogens is 1. The Labute approximate surface area is 184 Å². The highest BCUT2D eigenvalue weighted by Crippen LogP contribution is 2.20. The number of ketones is 1. The minimum atomic E-state index is -0.663. The Morgan fingerprint density at radius 2 is 1.81 bits per heavy atom. The van der Waals surface area contributed by atoms with Crippen LogP contribution in [0.5, 0.6) is 0 Å². The van der Waals surface area contributed by atoms with Gasteiger partial charge in [-0.05, 0) is 42.2 Å². The third-order valence-corrected chi connectivity index (χ3v) is 5.87. The van der Waals surface area contributed by atoms with Crippen LogP contribution in [0.1, 0.15) is 34.0 Å². The summed E-state index contributed by atoms with van der Waals surface area (Å²) in [5.74, 6) is -0.818. The highest BCUT2D eigenvalue weighted by Gasteiger charge is 2.25. The average molecular weight is 436 g/mol. The third-order valence-electron chi connectivity index (χ3n) is 5.87. The molecule has 0 atom stereocenters. The van der Waals surface area contributed by atoms with Gasteiger partial charge in [0.25, 0.3) is 5.56 Å². The van der Waals surface area contributed by atoms with E-state index in [0.29, 0.717) is 19.5 Å². The van der Waals surface area contributed by atoms with Crippen LogP contribution in [0.4, 0.5) is 10.2 Å². The average Bonchev–Trinajstić information content (AvgIpc) is 2.78. The summed E-state index contributed by atoms with van der Waals surface area (Å²) in [6.45, 7) is 3.01. The molecule has 1 aliphatic rings. The molecule has 4 rings (SSSR count). The molecule has 0 radical (unpaired) electrons. The quantitative estimate of drug-likeness (QED) is 0.598. The first kappa shape index (κ1) is 21.7. The topological polar surface area (TPSA) is 90.3 Å². The van der Waals surface area contributed by atoms with Gasteiger partial charge in [-0.2, -0.15) is 0 Å². The van der Waals surface area contributed by atoms with Gasteiger partial charge < -0.3 is 5.73 Å². The Hall–Kier alpha value is -3.52. The van der Waals surface area contributed by atoms with E-state index in [1.807, 2.05) is 35.2 Å². The molecule has 2 aromatic carbocycles. The second kappa shape index (κ2) is 8.92. The molecular formula is C24H25FN4O3. The monoisotopic (exact) mass is 436 g/mol. The zero-order valence-electron chi connectivity index (χ0n) is 17.9. The number of nitrogen functional groups attached to an aromatic ring is 1. The number of nitrogens with two attached hydrogens (primary N) is 1. The number of Topliss-reactive ketones (excluding diaryl/α,β-unsaturated/α-hetero) is 1. The zero-order chi connectivity index (χ0) is 22.8. The first-order valence-electron chi connectivity index (χ1n) is 10.6. The van der Waals surface area contributed by atoms with Crippen LogP contribution in [0.15, 0.2) is 58.1 Å². The van der Waals surface area contributed by atoms with Gasteiger partial charge in [-0.1, -0.05) is 36.4 Å². The lowest BCUT2D eigenvalue weighted by atomic mass is 9.99. The molecular weight excluding hydrogens is 411 g/mol. The van der Waals surface area contributed by atoms with Gasteiger partial charge in [0.05, 0.1) is 13.1 Å². The lowest BCUT2D eigenvalue weighted by Gasteiger charge is -2.28. The first-order chi connectivity index (χ1) is 15.4. The van der Waals surface area contributed by atoms with Gasteiger partial charge in [-0.25, -0.2) is 9.18 Å². The number of hydrogen-bond donors (Lipinski definition) is 1. The van der Waals surface area contributed by atoms with E-state index in [1.54, 1.807) is 13.0 Å². The Morgan fingerprint density at radius 3 is 2.53 bits per heavy atom. The molecule has 0 fully saturated rings. The Bertz CT molecular complexity index is 1280. The first-order valence-corrected chi connectivity index (χ1v) is 10.6. The Balaban J connectivity index is 1.66. The predicted octanol–water partition coefficient (Wildman–Crippen LogP) is 2.04. The van der Waals surface area contributed by atoms with Crippen molar-refractivity contribution in [1.82, 2.24) is 14.0 Å². The molecule has 0 saturated heterocycles. The molecule has 2 N–H and O–H groups in total. The number of carbonyl (C=O) groups is 1. The lowest BCUT2D eigenvalue weighted by molar-refractivity contribution is 0.0919. The molecule has 3 aromatic rings. The summed E-state index contributed by atoms with van der Waals surface area (Å²) < 4.78 is 15.8. The van der Waals surface area contributed by atoms with Crippen LogP contribution in [0.3, 0.4) is 0 Å². The molecule has 166 valence electrons. The van der Waals surface area contributed by atoms with Crippen LogP contribution in [-0.2, 0) is 26.1 Å². The van der Waals surface area contributed by atoms with Crippen LogP contribution < -0.4 is 17.0 Å². The molecule has 0 amide bonds. The third kappa shape index (κ3) is 4.13. The molecule has 0 saturated carbocycles. The fourth-order valence-corrected chi connectivity index (χ4v) is 4.17. The smallest absolute Gasteiger partial charge is 0.332 e. The van der Waals surface area contributed by atoms with Crippen LogP contribution in [-0.4, -0.2) is 32.9 Å². The number of aromatic nitrogens is 2. The van der Waals surface area contributed by atoms with Gasteiger partial charge >= 0.3 is 5.69 Å². The molecule has 0 aliphatic carbocycles. The van der Waals surface area contributed by atoms with Crippen LogP contribution in [0.25, 0.3) is 0 Å². The van der Waals surface area contributed by atoms with Gasteiger partial charge in [0, 0.05) is 19.6 Å². The number of rotatable bonds is 6.